The van der Waals surface area contributed by atoms with Crippen LogP contribution in [0.25, 0.3) is 11.3 Å². The molecule has 0 atom stereocenters. The van der Waals surface area contributed by atoms with Gasteiger partial charge in [-0.2, -0.15) is 0 Å². The van der Waals surface area contributed by atoms with E-state index in [9.17, 15) is 4.79 Å². The topological polar surface area (TPSA) is 64.1 Å². The van der Waals surface area contributed by atoms with Gasteiger partial charge in [-0.3, -0.25) is 9.78 Å². The van der Waals surface area contributed by atoms with Gasteiger partial charge < -0.3 is 10.1 Å². The van der Waals surface area contributed by atoms with E-state index in [2.05, 4.69) is 21.9 Å². The highest BCUT2D eigenvalue weighted by Crippen LogP contribution is 2.31. The average Bonchev–Trinajstić information content (AvgIpc) is 2.75. The van der Waals surface area contributed by atoms with Crippen LogP contribution in [0.5, 0.6) is 5.75 Å². The number of rotatable bonds is 7. The summed E-state index contributed by atoms with van der Waals surface area (Å²) in [5.41, 5.74) is 4.27. The molecule has 1 aliphatic carbocycles. The fourth-order valence-electron chi connectivity index (χ4n) is 3.27. The van der Waals surface area contributed by atoms with Gasteiger partial charge in [0.2, 0.25) is 5.91 Å². The first-order valence-corrected chi connectivity index (χ1v) is 10.2. The highest BCUT2D eigenvalue weighted by Gasteiger charge is 2.28. The van der Waals surface area contributed by atoms with Gasteiger partial charge in [-0.05, 0) is 30.5 Å². The van der Waals surface area contributed by atoms with E-state index in [-0.39, 0.29) is 23.5 Å². The van der Waals surface area contributed by atoms with Crippen LogP contribution in [0.4, 0.5) is 0 Å². The Bertz CT molecular complexity index is 1060. The molecule has 1 amide bonds. The molecule has 0 unspecified atom stereocenters. The van der Waals surface area contributed by atoms with Gasteiger partial charge >= 0.3 is 0 Å². The number of carbonyl (C=O) groups excluding carboxylic acids is 1. The highest BCUT2D eigenvalue weighted by molar-refractivity contribution is 6.30. The molecule has 3 aromatic rings. The molecule has 1 saturated carbocycles. The number of ether oxygens (including phenoxy) is 1. The second-order valence-corrected chi connectivity index (χ2v) is 7.73. The predicted octanol–water partition coefficient (Wildman–Crippen LogP) is 4.96. The molecule has 6 heteroatoms. The Morgan fingerprint density at radius 2 is 1.97 bits per heavy atom. The SMILES string of the molecule is C=C1CC(C(=O)NCc2ncc(-c3cccc(OCc4ccccc4)c3)nc2Cl)C1. The molecule has 2 aromatic carbocycles. The Labute approximate surface area is 180 Å². The zero-order valence-corrected chi connectivity index (χ0v) is 17.2. The zero-order valence-electron chi connectivity index (χ0n) is 16.5. The minimum atomic E-state index is 0.00705. The monoisotopic (exact) mass is 419 g/mol. The van der Waals surface area contributed by atoms with Gasteiger partial charge in [0.15, 0.2) is 5.15 Å². The van der Waals surface area contributed by atoms with E-state index in [0.717, 1.165) is 35.3 Å². The second kappa shape index (κ2) is 9.09. The molecule has 152 valence electrons. The van der Waals surface area contributed by atoms with Crippen LogP contribution in [0.3, 0.4) is 0 Å². The quantitative estimate of drug-likeness (QED) is 0.550. The summed E-state index contributed by atoms with van der Waals surface area (Å²) in [6.45, 7) is 4.61. The Hall–Kier alpha value is -3.18. The molecule has 1 aliphatic rings. The van der Waals surface area contributed by atoms with Crippen LogP contribution in [0.2, 0.25) is 5.15 Å². The molecule has 4 rings (SSSR count). The van der Waals surface area contributed by atoms with Gasteiger partial charge in [0.05, 0.1) is 24.1 Å². The van der Waals surface area contributed by atoms with E-state index in [1.165, 1.54) is 0 Å². The van der Waals surface area contributed by atoms with Crippen LogP contribution in [0, 0.1) is 5.92 Å². The summed E-state index contributed by atoms with van der Waals surface area (Å²) in [6.07, 6.45) is 3.18. The van der Waals surface area contributed by atoms with Gasteiger partial charge in [-0.1, -0.05) is 66.2 Å². The Kier molecular flexibility index (Phi) is 6.10. The number of allylic oxidation sites excluding steroid dienone is 1. The number of aromatic nitrogens is 2. The van der Waals surface area contributed by atoms with Crippen molar-refractivity contribution < 1.29 is 9.53 Å². The lowest BCUT2D eigenvalue weighted by Gasteiger charge is -2.26. The third kappa shape index (κ3) is 4.86. The first-order chi connectivity index (χ1) is 14.6. The molecule has 0 aliphatic heterocycles. The van der Waals surface area contributed by atoms with E-state index in [1.54, 1.807) is 6.20 Å². The fourth-order valence-corrected chi connectivity index (χ4v) is 3.48. The molecule has 0 spiro atoms. The third-order valence-corrected chi connectivity index (χ3v) is 5.35. The lowest BCUT2D eigenvalue weighted by atomic mass is 9.80. The summed E-state index contributed by atoms with van der Waals surface area (Å²) in [5, 5.41) is 3.16. The first-order valence-electron chi connectivity index (χ1n) is 9.81. The number of nitrogens with one attached hydrogen (secondary N) is 1. The van der Waals surface area contributed by atoms with Crippen molar-refractivity contribution in [1.29, 1.82) is 0 Å². The summed E-state index contributed by atoms with van der Waals surface area (Å²) in [6, 6.07) is 17.6. The highest BCUT2D eigenvalue weighted by atomic mass is 35.5. The number of halogens is 1. The molecule has 0 saturated heterocycles. The van der Waals surface area contributed by atoms with Gasteiger partial charge in [0, 0.05) is 11.5 Å². The van der Waals surface area contributed by atoms with Crippen LogP contribution in [-0.2, 0) is 17.9 Å². The number of nitrogens with zero attached hydrogens (tertiary/aromatic N) is 2. The predicted molar refractivity (Wildman–Crippen MR) is 117 cm³/mol. The molecule has 30 heavy (non-hydrogen) atoms. The molecule has 1 fully saturated rings. The van der Waals surface area contributed by atoms with E-state index in [4.69, 9.17) is 16.3 Å². The van der Waals surface area contributed by atoms with Crippen molar-refractivity contribution in [2.24, 2.45) is 5.92 Å². The van der Waals surface area contributed by atoms with Crippen molar-refractivity contribution in [2.45, 2.75) is 26.0 Å². The van der Waals surface area contributed by atoms with Crippen LogP contribution in [0.1, 0.15) is 24.1 Å². The summed E-state index contributed by atoms with van der Waals surface area (Å²) in [7, 11) is 0. The van der Waals surface area contributed by atoms with Crippen LogP contribution >= 0.6 is 11.6 Å². The summed E-state index contributed by atoms with van der Waals surface area (Å²) < 4.78 is 5.88. The van der Waals surface area contributed by atoms with E-state index < -0.39 is 0 Å². The molecule has 0 radical (unpaired) electrons. The summed E-state index contributed by atoms with van der Waals surface area (Å²) in [5.74, 6) is 0.766. The average molecular weight is 420 g/mol. The van der Waals surface area contributed by atoms with Crippen LogP contribution in [-0.4, -0.2) is 15.9 Å². The van der Waals surface area contributed by atoms with E-state index >= 15 is 0 Å². The van der Waals surface area contributed by atoms with Crippen LogP contribution < -0.4 is 10.1 Å². The van der Waals surface area contributed by atoms with Crippen molar-refractivity contribution in [3.63, 3.8) is 0 Å². The minimum Gasteiger partial charge on any atom is -0.489 e. The summed E-state index contributed by atoms with van der Waals surface area (Å²) >= 11 is 6.32. The number of carbonyl (C=O) groups is 1. The molecule has 0 bridgehead atoms. The lowest BCUT2D eigenvalue weighted by molar-refractivity contribution is -0.126. The Morgan fingerprint density at radius 1 is 1.17 bits per heavy atom. The fraction of sp³-hybridized carbons (Fsp3) is 0.208. The maximum Gasteiger partial charge on any atom is 0.224 e. The molecule has 1 N–H and O–H groups in total. The molecule has 5 nitrogen and oxygen atoms in total. The largest absolute Gasteiger partial charge is 0.489 e. The zero-order chi connectivity index (χ0) is 20.9. The van der Waals surface area contributed by atoms with Gasteiger partial charge in [0.25, 0.3) is 0 Å². The van der Waals surface area contributed by atoms with Gasteiger partial charge in [0.1, 0.15) is 12.4 Å². The van der Waals surface area contributed by atoms with E-state index in [1.807, 2.05) is 54.6 Å². The van der Waals surface area contributed by atoms with Crippen molar-refractivity contribution >= 4 is 17.5 Å². The number of hydrogen-bond donors (Lipinski definition) is 1. The molecular formula is C24H22ClN3O2. The Balaban J connectivity index is 1.39. The minimum absolute atomic E-state index is 0.00705. The van der Waals surface area contributed by atoms with Gasteiger partial charge in [-0.25, -0.2) is 4.98 Å². The van der Waals surface area contributed by atoms with Gasteiger partial charge in [-0.15, -0.1) is 0 Å². The second-order valence-electron chi connectivity index (χ2n) is 7.37. The smallest absolute Gasteiger partial charge is 0.224 e. The van der Waals surface area contributed by atoms with E-state index in [0.29, 0.717) is 18.0 Å². The van der Waals surface area contributed by atoms with Crippen molar-refractivity contribution in [2.75, 3.05) is 0 Å². The maximum absolute atomic E-state index is 12.1. The third-order valence-electron chi connectivity index (χ3n) is 5.05. The summed E-state index contributed by atoms with van der Waals surface area (Å²) in [4.78, 5) is 20.9. The normalized spacial score (nSPS) is 13.6. The maximum atomic E-state index is 12.1. The standard InChI is InChI=1S/C24H22ClN3O2/c1-16-10-19(11-16)24(29)27-14-22-23(25)28-21(13-26-22)18-8-5-9-20(12-18)30-15-17-6-3-2-4-7-17/h2-9,12-13,19H,1,10-11,14-15H2,(H,27,29). The molecule has 1 aromatic heterocycles. The van der Waals surface area contributed by atoms with Crippen molar-refractivity contribution in [3.8, 4) is 17.0 Å². The Morgan fingerprint density at radius 3 is 2.70 bits per heavy atom. The number of benzene rings is 2. The molecule has 1 heterocycles. The van der Waals surface area contributed by atoms with Crippen LogP contribution in [0.15, 0.2) is 72.9 Å². The van der Waals surface area contributed by atoms with Crippen molar-refractivity contribution in [3.05, 3.63) is 89.4 Å². The first kappa shape index (κ1) is 20.1. The van der Waals surface area contributed by atoms with Crippen molar-refractivity contribution in [1.82, 2.24) is 15.3 Å². The number of amides is 1. The molecular weight excluding hydrogens is 398 g/mol. The number of hydrogen-bond acceptors (Lipinski definition) is 4. The lowest BCUT2D eigenvalue weighted by Crippen LogP contribution is -2.35.